The van der Waals surface area contributed by atoms with Crippen LogP contribution in [0, 0.1) is 0 Å². The Balaban J connectivity index is 1.18. The van der Waals surface area contributed by atoms with E-state index in [2.05, 4.69) is 173 Å². The molecule has 4 heteroatoms. The average molecular weight is 657 g/mol. The van der Waals surface area contributed by atoms with E-state index in [0.29, 0.717) is 0 Å². The summed E-state index contributed by atoms with van der Waals surface area (Å²) in [4.78, 5) is 2.37. The summed E-state index contributed by atoms with van der Waals surface area (Å²) in [6.07, 6.45) is 0. The second kappa shape index (κ2) is 10.6. The molecule has 0 aliphatic heterocycles. The van der Waals surface area contributed by atoms with E-state index >= 15 is 0 Å². The molecule has 11 rings (SSSR count). The van der Waals surface area contributed by atoms with Gasteiger partial charge in [0.2, 0.25) is 0 Å². The molecular formula is C46H28N2OS. The van der Waals surface area contributed by atoms with Gasteiger partial charge in [0.1, 0.15) is 5.58 Å². The van der Waals surface area contributed by atoms with Gasteiger partial charge >= 0.3 is 0 Å². The molecule has 0 saturated heterocycles. The fourth-order valence-corrected chi connectivity index (χ4v) is 9.02. The molecule has 0 aliphatic rings. The van der Waals surface area contributed by atoms with Crippen molar-refractivity contribution in [3.8, 4) is 5.69 Å². The van der Waals surface area contributed by atoms with Crippen molar-refractivity contribution in [1.29, 1.82) is 0 Å². The lowest BCUT2D eigenvalue weighted by molar-refractivity contribution is 0.669. The molecule has 0 aliphatic carbocycles. The Morgan fingerprint density at radius 2 is 1.16 bits per heavy atom. The van der Waals surface area contributed by atoms with E-state index in [4.69, 9.17) is 4.42 Å². The van der Waals surface area contributed by atoms with Gasteiger partial charge in [0.05, 0.1) is 16.7 Å². The quantitative estimate of drug-likeness (QED) is 0.188. The van der Waals surface area contributed by atoms with Crippen molar-refractivity contribution in [1.82, 2.24) is 4.57 Å². The zero-order chi connectivity index (χ0) is 32.8. The molecule has 0 unspecified atom stereocenters. The Bertz CT molecular complexity index is 3110. The van der Waals surface area contributed by atoms with Crippen LogP contribution in [0.5, 0.6) is 0 Å². The van der Waals surface area contributed by atoms with E-state index in [9.17, 15) is 0 Å². The summed E-state index contributed by atoms with van der Waals surface area (Å²) in [6, 6.07) is 61.3. The topological polar surface area (TPSA) is 21.3 Å². The number of benzene rings is 8. The lowest BCUT2D eigenvalue weighted by atomic mass is 10.0. The standard InChI is InChI=1S/C46H28N2OS/c1-2-11-31(12-3-1)48-40-17-7-4-13-34(40)38-28-33(23-24-41(38)48)47(42-18-10-16-37-35-14-5-8-19-43(35)49-46(37)42)32-22-21-29-26-39-36-15-6-9-20-44(36)50-45(39)27-30(29)25-32/h1-28H. The van der Waals surface area contributed by atoms with Gasteiger partial charge in [-0.15, -0.1) is 11.3 Å². The van der Waals surface area contributed by atoms with Crippen molar-refractivity contribution in [3.05, 3.63) is 170 Å². The summed E-state index contributed by atoms with van der Waals surface area (Å²) >= 11 is 1.86. The van der Waals surface area contributed by atoms with Gasteiger partial charge in [-0.2, -0.15) is 0 Å². The van der Waals surface area contributed by atoms with Gasteiger partial charge in [0, 0.05) is 58.8 Å². The number of anilines is 3. The molecule has 11 aromatic rings. The first kappa shape index (κ1) is 27.6. The first-order valence-corrected chi connectivity index (χ1v) is 17.7. The number of furan rings is 1. The Hall–Kier alpha value is -6.36. The van der Waals surface area contributed by atoms with Crippen molar-refractivity contribution in [3.63, 3.8) is 0 Å². The molecular weight excluding hydrogens is 629 g/mol. The third-order valence-corrected chi connectivity index (χ3v) is 11.3. The maximum Gasteiger partial charge on any atom is 0.159 e. The molecule has 0 atom stereocenters. The fourth-order valence-electron chi connectivity index (χ4n) is 7.89. The summed E-state index contributed by atoms with van der Waals surface area (Å²) in [6.45, 7) is 0. The van der Waals surface area contributed by atoms with E-state index in [-0.39, 0.29) is 0 Å². The van der Waals surface area contributed by atoms with Gasteiger partial charge in [-0.05, 0) is 89.6 Å². The predicted molar refractivity (Wildman–Crippen MR) is 213 cm³/mol. The molecule has 50 heavy (non-hydrogen) atoms. The van der Waals surface area contributed by atoms with E-state index in [1.165, 1.54) is 52.8 Å². The van der Waals surface area contributed by atoms with Crippen molar-refractivity contribution in [2.45, 2.75) is 0 Å². The smallest absolute Gasteiger partial charge is 0.159 e. The first-order valence-electron chi connectivity index (χ1n) is 16.9. The molecule has 234 valence electrons. The minimum Gasteiger partial charge on any atom is -0.454 e. The van der Waals surface area contributed by atoms with Crippen molar-refractivity contribution < 1.29 is 4.42 Å². The van der Waals surface area contributed by atoms with Gasteiger partial charge in [-0.1, -0.05) is 91.0 Å². The van der Waals surface area contributed by atoms with Crippen LogP contribution < -0.4 is 4.90 Å². The van der Waals surface area contributed by atoms with Crippen LogP contribution in [0.3, 0.4) is 0 Å². The van der Waals surface area contributed by atoms with Crippen molar-refractivity contribution in [2.24, 2.45) is 0 Å². The number of aromatic nitrogens is 1. The minimum atomic E-state index is 0.876. The predicted octanol–water partition coefficient (Wildman–Crippen LogP) is 13.7. The van der Waals surface area contributed by atoms with Gasteiger partial charge in [-0.25, -0.2) is 0 Å². The van der Waals surface area contributed by atoms with Crippen LogP contribution >= 0.6 is 11.3 Å². The lowest BCUT2D eigenvalue weighted by Crippen LogP contribution is -2.10. The fraction of sp³-hybridized carbons (Fsp3) is 0. The number of rotatable bonds is 4. The third-order valence-electron chi connectivity index (χ3n) is 10.1. The van der Waals surface area contributed by atoms with Crippen molar-refractivity contribution >= 4 is 103 Å². The zero-order valence-corrected chi connectivity index (χ0v) is 27.7. The maximum absolute atomic E-state index is 6.66. The van der Waals surface area contributed by atoms with E-state index in [1.54, 1.807) is 0 Å². The summed E-state index contributed by atoms with van der Waals surface area (Å²) < 4.78 is 11.6. The summed E-state index contributed by atoms with van der Waals surface area (Å²) in [5, 5.41) is 9.74. The molecule has 0 spiro atoms. The number of para-hydroxylation sites is 4. The molecule has 0 amide bonds. The average Bonchev–Trinajstić information content (AvgIpc) is 3.84. The van der Waals surface area contributed by atoms with Crippen molar-refractivity contribution in [2.75, 3.05) is 4.90 Å². The van der Waals surface area contributed by atoms with E-state index < -0.39 is 0 Å². The molecule has 3 nitrogen and oxygen atoms in total. The van der Waals surface area contributed by atoms with Gasteiger partial charge in [0.15, 0.2) is 5.58 Å². The number of hydrogen-bond acceptors (Lipinski definition) is 3. The molecule has 0 bridgehead atoms. The minimum absolute atomic E-state index is 0.876. The van der Waals surface area contributed by atoms with Crippen LogP contribution in [0.25, 0.3) is 80.4 Å². The van der Waals surface area contributed by atoms with Crippen LogP contribution in [0.1, 0.15) is 0 Å². The third kappa shape index (κ3) is 4.03. The van der Waals surface area contributed by atoms with Crippen LogP contribution in [0.2, 0.25) is 0 Å². The zero-order valence-electron chi connectivity index (χ0n) is 26.9. The van der Waals surface area contributed by atoms with E-state index in [1.807, 2.05) is 17.4 Å². The molecule has 0 radical (unpaired) electrons. The summed E-state index contributed by atoms with van der Waals surface area (Å²) in [5.41, 5.74) is 8.44. The summed E-state index contributed by atoms with van der Waals surface area (Å²) in [5.74, 6) is 0. The molecule has 3 aromatic heterocycles. The number of nitrogens with zero attached hydrogens (tertiary/aromatic N) is 2. The second-order valence-corrected chi connectivity index (χ2v) is 14.0. The molecule has 0 N–H and O–H groups in total. The van der Waals surface area contributed by atoms with Gasteiger partial charge in [-0.3, -0.25) is 0 Å². The monoisotopic (exact) mass is 656 g/mol. The Morgan fingerprint density at radius 3 is 2.08 bits per heavy atom. The van der Waals surface area contributed by atoms with Crippen LogP contribution in [0.4, 0.5) is 17.1 Å². The Kier molecular flexibility index (Phi) is 5.83. The Morgan fingerprint density at radius 1 is 0.440 bits per heavy atom. The molecule has 0 saturated carbocycles. The lowest BCUT2D eigenvalue weighted by Gasteiger charge is -2.26. The highest BCUT2D eigenvalue weighted by Gasteiger charge is 2.22. The molecule has 0 fully saturated rings. The largest absolute Gasteiger partial charge is 0.454 e. The normalized spacial score (nSPS) is 12.0. The SMILES string of the molecule is c1ccc(-n2c3ccccc3c3cc(N(c4ccc5cc6c(cc5c4)sc4ccccc46)c4cccc5c4oc4ccccc45)ccc32)cc1. The number of fused-ring (bicyclic) bond motifs is 10. The maximum atomic E-state index is 6.66. The van der Waals surface area contributed by atoms with Gasteiger partial charge < -0.3 is 13.9 Å². The Labute approximate surface area is 291 Å². The van der Waals surface area contributed by atoms with Gasteiger partial charge in [0.25, 0.3) is 0 Å². The number of hydrogen-bond donors (Lipinski definition) is 0. The molecule has 8 aromatic carbocycles. The highest BCUT2D eigenvalue weighted by Crippen LogP contribution is 2.45. The first-order chi connectivity index (χ1) is 24.8. The highest BCUT2D eigenvalue weighted by atomic mass is 32.1. The number of thiophene rings is 1. The second-order valence-electron chi connectivity index (χ2n) is 13.0. The van der Waals surface area contributed by atoms with Crippen LogP contribution in [-0.2, 0) is 0 Å². The molecule has 3 heterocycles. The van der Waals surface area contributed by atoms with Crippen LogP contribution in [0.15, 0.2) is 174 Å². The summed E-state index contributed by atoms with van der Waals surface area (Å²) in [7, 11) is 0. The van der Waals surface area contributed by atoms with Crippen LogP contribution in [-0.4, -0.2) is 4.57 Å². The highest BCUT2D eigenvalue weighted by molar-refractivity contribution is 7.25. The van der Waals surface area contributed by atoms with E-state index in [0.717, 1.165) is 44.7 Å².